The minimum absolute atomic E-state index is 0.0184. The zero-order valence-electron chi connectivity index (χ0n) is 21.1. The Balaban J connectivity index is 2.35. The van der Waals surface area contributed by atoms with Gasteiger partial charge in [0.1, 0.15) is 12.4 Å². The third-order valence-electron chi connectivity index (χ3n) is 5.42. The summed E-state index contributed by atoms with van der Waals surface area (Å²) in [6, 6.07) is 13.9. The van der Waals surface area contributed by atoms with Gasteiger partial charge in [-0.25, -0.2) is 13.2 Å². The Kier molecular flexibility index (Phi) is 10.5. The molecule has 0 N–H and O–H groups in total. The molecule has 0 aliphatic heterocycles. The van der Waals surface area contributed by atoms with E-state index in [1.807, 2.05) is 52.0 Å². The Morgan fingerprint density at radius 3 is 2.09 bits per heavy atom. The van der Waals surface area contributed by atoms with E-state index in [1.54, 1.807) is 29.2 Å². The number of carbonyl (C=O) groups is 2. The monoisotopic (exact) mass is 501 g/mol. The summed E-state index contributed by atoms with van der Waals surface area (Å²) in [6.07, 6.45) is 3.24. The molecule has 0 bridgehead atoms. The number of rotatable bonds is 11. The van der Waals surface area contributed by atoms with E-state index in [4.69, 9.17) is 4.74 Å². The zero-order chi connectivity index (χ0) is 26.0. The van der Waals surface area contributed by atoms with Crippen molar-refractivity contribution in [3.8, 4) is 0 Å². The zero-order valence-corrected chi connectivity index (χ0v) is 21.9. The number of ether oxygens (including phenoxy) is 2. The second-order valence-electron chi connectivity index (χ2n) is 8.97. The molecule has 1 atom stereocenters. The molecule has 0 aliphatic rings. The number of hydrogen-bond donors (Lipinski definition) is 0. The molecule has 2 aromatic carbocycles. The van der Waals surface area contributed by atoms with Crippen LogP contribution in [0.5, 0.6) is 0 Å². The molecule has 190 valence electrons. The highest BCUT2D eigenvalue weighted by molar-refractivity contribution is 7.92. The van der Waals surface area contributed by atoms with Crippen LogP contribution in [-0.2, 0) is 30.7 Å². The molecular formula is C27H35NO6S. The molecule has 0 heterocycles. The number of carbonyl (C=O) groups excluding carboxylic acids is 2. The molecule has 0 aromatic heterocycles. The molecule has 0 saturated carbocycles. The number of amides is 1. The van der Waals surface area contributed by atoms with E-state index >= 15 is 0 Å². The van der Waals surface area contributed by atoms with Crippen molar-refractivity contribution < 1.29 is 27.5 Å². The summed E-state index contributed by atoms with van der Waals surface area (Å²) in [5.74, 6) is -0.897. The highest BCUT2D eigenvalue weighted by Crippen LogP contribution is 2.20. The van der Waals surface area contributed by atoms with E-state index in [0.29, 0.717) is 6.42 Å². The minimum atomic E-state index is -3.82. The summed E-state index contributed by atoms with van der Waals surface area (Å²) in [5, 5.41) is 0. The Morgan fingerprint density at radius 2 is 1.54 bits per heavy atom. The van der Waals surface area contributed by atoms with Crippen LogP contribution in [0.1, 0.15) is 37.0 Å². The number of nitrogens with zero attached hydrogens (tertiary/aromatic N) is 1. The fourth-order valence-electron chi connectivity index (χ4n) is 3.54. The summed E-state index contributed by atoms with van der Waals surface area (Å²) in [5.41, 5.74) is 2.92. The van der Waals surface area contributed by atoms with E-state index in [9.17, 15) is 18.0 Å². The lowest BCUT2D eigenvalue weighted by Gasteiger charge is -2.31. The first-order valence-electron chi connectivity index (χ1n) is 11.5. The summed E-state index contributed by atoms with van der Waals surface area (Å²) >= 11 is 0. The molecular weight excluding hydrogens is 466 g/mol. The van der Waals surface area contributed by atoms with Crippen LogP contribution in [0.15, 0.2) is 65.6 Å². The molecule has 2 rings (SSSR count). The number of hydrogen-bond acceptors (Lipinski definition) is 6. The summed E-state index contributed by atoms with van der Waals surface area (Å²) < 4.78 is 35.5. The molecule has 2 aromatic rings. The van der Waals surface area contributed by atoms with E-state index in [-0.39, 0.29) is 24.0 Å². The Bertz CT molecular complexity index is 1110. The third kappa shape index (κ3) is 9.20. The maximum absolute atomic E-state index is 13.5. The van der Waals surface area contributed by atoms with Gasteiger partial charge in [-0.3, -0.25) is 4.79 Å². The van der Waals surface area contributed by atoms with Crippen molar-refractivity contribution in [2.24, 2.45) is 5.92 Å². The van der Waals surface area contributed by atoms with E-state index < -0.39 is 33.7 Å². The third-order valence-corrected chi connectivity index (χ3v) is 7.04. The van der Waals surface area contributed by atoms with Gasteiger partial charge in [0, 0.05) is 6.54 Å². The number of methoxy groups -OCH3 is 1. The van der Waals surface area contributed by atoms with E-state index in [1.165, 1.54) is 19.2 Å². The second-order valence-corrected chi connectivity index (χ2v) is 11.0. The Hall–Kier alpha value is -3.13. The van der Waals surface area contributed by atoms with Crippen molar-refractivity contribution in [3.63, 3.8) is 0 Å². The molecule has 1 amide bonds. The molecule has 0 spiro atoms. The van der Waals surface area contributed by atoms with Crippen molar-refractivity contribution in [2.45, 2.75) is 51.6 Å². The SMILES string of the molecule is COC(=O)OC/C=C/[C@H](CC(C)C)N(Cc1ccc(C)cc1)C(=O)CS(=O)(=O)c1ccc(C)cc1. The van der Waals surface area contributed by atoms with Gasteiger partial charge < -0.3 is 14.4 Å². The molecule has 0 saturated heterocycles. The van der Waals surface area contributed by atoms with Gasteiger partial charge in [-0.2, -0.15) is 0 Å². The maximum atomic E-state index is 13.5. The molecule has 7 nitrogen and oxygen atoms in total. The predicted octanol–water partition coefficient (Wildman–Crippen LogP) is 4.86. The van der Waals surface area contributed by atoms with Crippen LogP contribution in [0.2, 0.25) is 0 Å². The van der Waals surface area contributed by atoms with Crippen molar-refractivity contribution in [1.82, 2.24) is 4.90 Å². The van der Waals surface area contributed by atoms with E-state index in [2.05, 4.69) is 4.74 Å². The first kappa shape index (κ1) is 28.1. The fraction of sp³-hybridized carbons (Fsp3) is 0.407. The predicted molar refractivity (Wildman–Crippen MR) is 136 cm³/mol. The normalized spacial score (nSPS) is 12.5. The molecule has 0 unspecified atom stereocenters. The summed E-state index contributed by atoms with van der Waals surface area (Å²) in [6.45, 7) is 8.15. The van der Waals surface area contributed by atoms with Crippen LogP contribution < -0.4 is 0 Å². The van der Waals surface area contributed by atoms with Gasteiger partial charge in [-0.15, -0.1) is 0 Å². The average molecular weight is 502 g/mol. The van der Waals surface area contributed by atoms with Gasteiger partial charge in [0.25, 0.3) is 0 Å². The smallest absolute Gasteiger partial charge is 0.438 e. The van der Waals surface area contributed by atoms with Crippen molar-refractivity contribution >= 4 is 21.9 Å². The van der Waals surface area contributed by atoms with Gasteiger partial charge >= 0.3 is 6.16 Å². The molecule has 0 aliphatic carbocycles. The molecule has 8 heteroatoms. The molecule has 35 heavy (non-hydrogen) atoms. The van der Waals surface area contributed by atoms with Crippen molar-refractivity contribution in [3.05, 3.63) is 77.4 Å². The topological polar surface area (TPSA) is 90.0 Å². The minimum Gasteiger partial charge on any atom is -0.438 e. The lowest BCUT2D eigenvalue weighted by atomic mass is 10.0. The Morgan fingerprint density at radius 1 is 0.971 bits per heavy atom. The number of aryl methyl sites for hydroxylation is 2. The molecule has 0 fully saturated rings. The van der Waals surface area contributed by atoms with Crippen LogP contribution in [0.25, 0.3) is 0 Å². The first-order valence-corrected chi connectivity index (χ1v) is 13.2. The quantitative estimate of drug-likeness (QED) is 0.323. The van der Waals surface area contributed by atoms with Gasteiger partial charge in [-0.05, 0) is 50.0 Å². The number of benzene rings is 2. The van der Waals surface area contributed by atoms with Gasteiger partial charge in [-0.1, -0.05) is 67.4 Å². The summed E-state index contributed by atoms with van der Waals surface area (Å²) in [4.78, 5) is 26.4. The van der Waals surface area contributed by atoms with Gasteiger partial charge in [0.05, 0.1) is 18.0 Å². The first-order chi connectivity index (χ1) is 16.5. The van der Waals surface area contributed by atoms with Gasteiger partial charge in [0.15, 0.2) is 9.84 Å². The van der Waals surface area contributed by atoms with Crippen molar-refractivity contribution in [1.29, 1.82) is 0 Å². The summed E-state index contributed by atoms with van der Waals surface area (Å²) in [7, 11) is -2.60. The van der Waals surface area contributed by atoms with Crippen LogP contribution in [0, 0.1) is 19.8 Å². The van der Waals surface area contributed by atoms with Crippen molar-refractivity contribution in [2.75, 3.05) is 19.5 Å². The highest BCUT2D eigenvalue weighted by atomic mass is 32.2. The second kappa shape index (κ2) is 13.1. The molecule has 0 radical (unpaired) electrons. The lowest BCUT2D eigenvalue weighted by molar-refractivity contribution is -0.130. The van der Waals surface area contributed by atoms with Crippen LogP contribution in [0.4, 0.5) is 4.79 Å². The number of sulfone groups is 1. The lowest BCUT2D eigenvalue weighted by Crippen LogP contribution is -2.42. The highest BCUT2D eigenvalue weighted by Gasteiger charge is 2.28. The van der Waals surface area contributed by atoms with E-state index in [0.717, 1.165) is 16.7 Å². The maximum Gasteiger partial charge on any atom is 0.508 e. The Labute approximate surface area is 208 Å². The standard InChI is InChI=1S/C27H35NO6S/c1-20(2)17-24(7-6-16-34-27(30)33-5)28(18-23-12-8-21(3)9-13-23)26(29)19-35(31,32)25-14-10-22(4)11-15-25/h6-15,20,24H,16-19H2,1-5H3/b7-6+/t24-/m1/s1. The largest absolute Gasteiger partial charge is 0.508 e. The van der Waals surface area contributed by atoms with Crippen LogP contribution in [-0.4, -0.2) is 50.9 Å². The van der Waals surface area contributed by atoms with Crippen LogP contribution >= 0.6 is 0 Å². The van der Waals surface area contributed by atoms with Gasteiger partial charge in [0.2, 0.25) is 5.91 Å². The van der Waals surface area contributed by atoms with Crippen LogP contribution in [0.3, 0.4) is 0 Å². The fourth-order valence-corrected chi connectivity index (χ4v) is 4.74. The average Bonchev–Trinajstić information content (AvgIpc) is 2.80.